The Labute approximate surface area is 161 Å². The monoisotopic (exact) mass is 362 g/mol. The smallest absolute Gasteiger partial charge is 0.237 e. The van der Waals surface area contributed by atoms with Crippen LogP contribution in [-0.4, -0.2) is 29.9 Å². The quantitative estimate of drug-likeness (QED) is 0.768. The first-order valence-electron chi connectivity index (χ1n) is 9.47. The lowest BCUT2D eigenvalue weighted by molar-refractivity contribution is -0.127. The van der Waals surface area contributed by atoms with Gasteiger partial charge < -0.3 is 10.1 Å². The summed E-state index contributed by atoms with van der Waals surface area (Å²) in [6.07, 6.45) is 8.49. The fourth-order valence-electron chi connectivity index (χ4n) is 3.41. The van der Waals surface area contributed by atoms with E-state index in [0.717, 1.165) is 42.7 Å². The van der Waals surface area contributed by atoms with Gasteiger partial charge in [0.25, 0.3) is 0 Å². The Balaban J connectivity index is 1.53. The average molecular weight is 362 g/mol. The van der Waals surface area contributed by atoms with Crippen LogP contribution >= 0.6 is 0 Å². The molecule has 2 aromatic rings. The summed E-state index contributed by atoms with van der Waals surface area (Å²) in [4.78, 5) is 14.7. The molecule has 1 atom stereocenters. The highest BCUT2D eigenvalue weighted by Crippen LogP contribution is 2.17. The molecule has 1 saturated heterocycles. The number of carbonyl (C=O) groups is 1. The second-order valence-electron chi connectivity index (χ2n) is 6.83. The SMILES string of the molecule is C#CCN1CCCCC1C(=O)NCc1cccc(COc2ccccc2)c1. The Morgan fingerprint density at radius 1 is 1.15 bits per heavy atom. The topological polar surface area (TPSA) is 41.6 Å². The Morgan fingerprint density at radius 2 is 1.96 bits per heavy atom. The van der Waals surface area contributed by atoms with Crippen molar-refractivity contribution in [1.29, 1.82) is 0 Å². The molecule has 0 aromatic heterocycles. The molecule has 0 saturated carbocycles. The number of para-hydroxylation sites is 1. The van der Waals surface area contributed by atoms with E-state index in [1.54, 1.807) is 0 Å². The zero-order valence-electron chi connectivity index (χ0n) is 15.6. The minimum Gasteiger partial charge on any atom is -0.489 e. The van der Waals surface area contributed by atoms with Gasteiger partial charge in [0.05, 0.1) is 12.6 Å². The molecule has 1 amide bonds. The molecule has 1 aliphatic rings. The predicted molar refractivity (Wildman–Crippen MR) is 107 cm³/mol. The van der Waals surface area contributed by atoms with Crippen molar-refractivity contribution < 1.29 is 9.53 Å². The van der Waals surface area contributed by atoms with Crippen LogP contribution in [0, 0.1) is 12.3 Å². The first kappa shape index (κ1) is 19.0. The molecule has 1 heterocycles. The predicted octanol–water partition coefficient (Wildman–Crippen LogP) is 3.37. The molecule has 4 heteroatoms. The fraction of sp³-hybridized carbons (Fsp3) is 0.348. The molecule has 0 bridgehead atoms. The molecule has 0 radical (unpaired) electrons. The summed E-state index contributed by atoms with van der Waals surface area (Å²) in [5.74, 6) is 3.58. The second-order valence-corrected chi connectivity index (χ2v) is 6.83. The molecule has 1 N–H and O–H groups in total. The number of rotatable bonds is 7. The summed E-state index contributed by atoms with van der Waals surface area (Å²) in [5, 5.41) is 3.07. The molecular weight excluding hydrogens is 336 g/mol. The van der Waals surface area contributed by atoms with Crippen LogP contribution in [0.15, 0.2) is 54.6 Å². The van der Waals surface area contributed by atoms with Crippen molar-refractivity contribution in [2.45, 2.75) is 38.5 Å². The van der Waals surface area contributed by atoms with Crippen LogP contribution in [0.2, 0.25) is 0 Å². The molecule has 27 heavy (non-hydrogen) atoms. The van der Waals surface area contributed by atoms with Crippen molar-refractivity contribution >= 4 is 5.91 Å². The highest BCUT2D eigenvalue weighted by Gasteiger charge is 2.27. The zero-order chi connectivity index (χ0) is 18.9. The summed E-state index contributed by atoms with van der Waals surface area (Å²) in [6.45, 7) is 2.45. The summed E-state index contributed by atoms with van der Waals surface area (Å²) < 4.78 is 5.80. The molecule has 1 unspecified atom stereocenters. The highest BCUT2D eigenvalue weighted by atomic mass is 16.5. The standard InChI is InChI=1S/C23H26N2O2/c1-2-14-25-15-7-6-13-22(25)23(26)24-17-19-9-8-10-20(16-19)18-27-21-11-4-3-5-12-21/h1,3-5,8-12,16,22H,6-7,13-15,17-18H2,(H,24,26). The van der Waals surface area contributed by atoms with E-state index in [1.807, 2.05) is 48.5 Å². The van der Waals surface area contributed by atoms with Crippen LogP contribution in [0.5, 0.6) is 5.75 Å². The van der Waals surface area contributed by atoms with E-state index in [2.05, 4.69) is 22.2 Å². The van der Waals surface area contributed by atoms with Gasteiger partial charge in [0.15, 0.2) is 0 Å². The molecule has 3 rings (SSSR count). The Hall–Kier alpha value is -2.77. The number of likely N-dealkylation sites (tertiary alicyclic amines) is 1. The third-order valence-electron chi connectivity index (χ3n) is 4.82. The Bertz CT molecular complexity index is 782. The summed E-state index contributed by atoms with van der Waals surface area (Å²) in [6, 6.07) is 17.8. The number of hydrogen-bond donors (Lipinski definition) is 1. The van der Waals surface area contributed by atoms with Crippen molar-refractivity contribution in [3.05, 3.63) is 65.7 Å². The maximum atomic E-state index is 12.6. The number of nitrogens with zero attached hydrogens (tertiary/aromatic N) is 1. The number of terminal acetylenes is 1. The van der Waals surface area contributed by atoms with Gasteiger partial charge in [-0.1, -0.05) is 54.8 Å². The first-order valence-corrected chi connectivity index (χ1v) is 9.47. The van der Waals surface area contributed by atoms with Crippen LogP contribution in [0.1, 0.15) is 30.4 Å². The van der Waals surface area contributed by atoms with Gasteiger partial charge in [-0.3, -0.25) is 9.69 Å². The van der Waals surface area contributed by atoms with Crippen LogP contribution in [0.25, 0.3) is 0 Å². The molecule has 2 aromatic carbocycles. The van der Waals surface area contributed by atoms with E-state index in [-0.39, 0.29) is 11.9 Å². The zero-order valence-corrected chi connectivity index (χ0v) is 15.6. The fourth-order valence-corrected chi connectivity index (χ4v) is 3.41. The third kappa shape index (κ3) is 5.60. The molecule has 0 spiro atoms. The van der Waals surface area contributed by atoms with Crippen molar-refractivity contribution in [3.63, 3.8) is 0 Å². The van der Waals surface area contributed by atoms with Gasteiger partial charge in [0.2, 0.25) is 5.91 Å². The number of piperidine rings is 1. The normalized spacial score (nSPS) is 17.1. The molecule has 4 nitrogen and oxygen atoms in total. The van der Waals surface area contributed by atoms with Gasteiger partial charge >= 0.3 is 0 Å². The van der Waals surface area contributed by atoms with Crippen LogP contribution in [0.4, 0.5) is 0 Å². The average Bonchev–Trinajstić information content (AvgIpc) is 2.72. The number of hydrogen-bond acceptors (Lipinski definition) is 3. The number of amides is 1. The van der Waals surface area contributed by atoms with E-state index in [4.69, 9.17) is 11.2 Å². The van der Waals surface area contributed by atoms with Crippen molar-refractivity contribution in [3.8, 4) is 18.1 Å². The Morgan fingerprint density at radius 3 is 2.78 bits per heavy atom. The Kier molecular flexibility index (Phi) is 6.90. The number of carbonyl (C=O) groups excluding carboxylic acids is 1. The maximum Gasteiger partial charge on any atom is 0.237 e. The molecule has 1 fully saturated rings. The lowest BCUT2D eigenvalue weighted by Crippen LogP contribution is -2.49. The van der Waals surface area contributed by atoms with Gasteiger partial charge in [-0.15, -0.1) is 6.42 Å². The second kappa shape index (κ2) is 9.80. The summed E-state index contributed by atoms with van der Waals surface area (Å²) >= 11 is 0. The van der Waals surface area contributed by atoms with E-state index in [1.165, 1.54) is 0 Å². The summed E-state index contributed by atoms with van der Waals surface area (Å²) in [5.41, 5.74) is 2.15. The number of nitrogens with one attached hydrogen (secondary N) is 1. The number of benzene rings is 2. The molecule has 140 valence electrons. The highest BCUT2D eigenvalue weighted by molar-refractivity contribution is 5.81. The lowest BCUT2D eigenvalue weighted by atomic mass is 10.0. The lowest BCUT2D eigenvalue weighted by Gasteiger charge is -2.33. The van der Waals surface area contributed by atoms with Crippen LogP contribution < -0.4 is 10.1 Å². The summed E-state index contributed by atoms with van der Waals surface area (Å²) in [7, 11) is 0. The first-order chi connectivity index (χ1) is 13.3. The van der Waals surface area contributed by atoms with Crippen molar-refractivity contribution in [1.82, 2.24) is 10.2 Å². The van der Waals surface area contributed by atoms with E-state index in [0.29, 0.717) is 19.7 Å². The van der Waals surface area contributed by atoms with Crippen molar-refractivity contribution in [2.24, 2.45) is 0 Å². The van der Waals surface area contributed by atoms with Gasteiger partial charge in [-0.05, 0) is 42.6 Å². The van der Waals surface area contributed by atoms with Crippen LogP contribution in [-0.2, 0) is 17.9 Å². The number of ether oxygens (including phenoxy) is 1. The van der Waals surface area contributed by atoms with Crippen LogP contribution in [0.3, 0.4) is 0 Å². The van der Waals surface area contributed by atoms with Gasteiger partial charge in [-0.2, -0.15) is 0 Å². The van der Waals surface area contributed by atoms with Gasteiger partial charge in [0.1, 0.15) is 12.4 Å². The van der Waals surface area contributed by atoms with E-state index in [9.17, 15) is 4.79 Å². The van der Waals surface area contributed by atoms with E-state index < -0.39 is 0 Å². The van der Waals surface area contributed by atoms with E-state index >= 15 is 0 Å². The largest absolute Gasteiger partial charge is 0.489 e. The van der Waals surface area contributed by atoms with Gasteiger partial charge in [-0.25, -0.2) is 0 Å². The minimum absolute atomic E-state index is 0.0656. The maximum absolute atomic E-state index is 12.6. The van der Waals surface area contributed by atoms with Gasteiger partial charge in [0, 0.05) is 6.54 Å². The molecule has 0 aliphatic carbocycles. The molecule has 1 aliphatic heterocycles. The minimum atomic E-state index is -0.112. The third-order valence-corrected chi connectivity index (χ3v) is 4.82. The van der Waals surface area contributed by atoms with Crippen molar-refractivity contribution in [2.75, 3.05) is 13.1 Å². The molecular formula is C23H26N2O2.